The van der Waals surface area contributed by atoms with Gasteiger partial charge in [0.1, 0.15) is 6.54 Å². The highest BCUT2D eigenvalue weighted by Crippen LogP contribution is 2.36. The van der Waals surface area contributed by atoms with Crippen molar-refractivity contribution in [2.45, 2.75) is 32.1 Å². The fraction of sp³-hybridized carbons (Fsp3) is 0.409. The third-order valence-corrected chi connectivity index (χ3v) is 4.99. The Morgan fingerprint density at radius 3 is 2.59 bits per heavy atom. The lowest BCUT2D eigenvalue weighted by Gasteiger charge is -2.21. The minimum atomic E-state index is -1.03. The van der Waals surface area contributed by atoms with Crippen LogP contribution in [0.15, 0.2) is 36.5 Å². The number of carbonyl (C=O) groups is 2. The van der Waals surface area contributed by atoms with Gasteiger partial charge in [-0.2, -0.15) is 0 Å². The predicted molar refractivity (Wildman–Crippen MR) is 114 cm³/mol. The van der Waals surface area contributed by atoms with E-state index in [0.717, 1.165) is 30.8 Å². The van der Waals surface area contributed by atoms with Gasteiger partial charge >= 0.3 is 5.97 Å². The lowest BCUT2D eigenvalue weighted by atomic mass is 9.89. The van der Waals surface area contributed by atoms with E-state index >= 15 is 0 Å². The molecule has 1 aromatic carbocycles. The van der Waals surface area contributed by atoms with Crippen LogP contribution in [0.3, 0.4) is 0 Å². The van der Waals surface area contributed by atoms with E-state index in [1.54, 1.807) is 0 Å². The van der Waals surface area contributed by atoms with E-state index in [4.69, 9.17) is 21.7 Å². The molecular formula is C22H28ClN3O3. The molecule has 29 heavy (non-hydrogen) atoms. The molecule has 0 spiro atoms. The molecule has 0 fully saturated rings. The normalized spacial score (nSPS) is 14.7. The number of pyridine rings is 1. The molecule has 1 atom stereocenters. The zero-order chi connectivity index (χ0) is 21.4. The van der Waals surface area contributed by atoms with Crippen LogP contribution in [0.1, 0.15) is 41.6 Å². The molecule has 156 valence electrons. The molecule has 1 aromatic heterocycles. The number of hydrogen-bond donors (Lipinski definition) is 2. The number of aryl methyl sites for hydroxylation is 2. The Morgan fingerprint density at radius 2 is 1.97 bits per heavy atom. The van der Waals surface area contributed by atoms with Gasteiger partial charge in [-0.25, -0.2) is 0 Å². The van der Waals surface area contributed by atoms with E-state index in [-0.39, 0.29) is 12.5 Å². The van der Waals surface area contributed by atoms with Crippen molar-refractivity contribution in [3.8, 4) is 0 Å². The Hall–Kier alpha value is -2.44. The first kappa shape index (κ1) is 22.8. The topological polar surface area (TPSA) is 82.5 Å². The summed E-state index contributed by atoms with van der Waals surface area (Å²) in [5, 5.41) is 10.9. The molecule has 7 heteroatoms. The summed E-state index contributed by atoms with van der Waals surface area (Å²) in [6.45, 7) is 2.03. The molecule has 0 saturated carbocycles. The minimum absolute atomic E-state index is 0.296. The number of fused-ring (bicyclic) bond motifs is 2. The van der Waals surface area contributed by atoms with Crippen LogP contribution in [0.2, 0.25) is 5.02 Å². The van der Waals surface area contributed by atoms with Crippen molar-refractivity contribution in [1.82, 2.24) is 15.2 Å². The smallest absolute Gasteiger partial charge is 0.322 e. The van der Waals surface area contributed by atoms with Crippen molar-refractivity contribution in [3.63, 3.8) is 0 Å². The summed E-state index contributed by atoms with van der Waals surface area (Å²) in [5.74, 6) is -0.981. The zero-order valence-electron chi connectivity index (χ0n) is 17.1. The van der Waals surface area contributed by atoms with Gasteiger partial charge in [0.05, 0.1) is 5.69 Å². The average molecular weight is 418 g/mol. The lowest BCUT2D eigenvalue weighted by Crippen LogP contribution is -2.26. The molecule has 0 saturated heterocycles. The highest BCUT2D eigenvalue weighted by atomic mass is 35.5. The largest absolute Gasteiger partial charge is 0.480 e. The summed E-state index contributed by atoms with van der Waals surface area (Å²) in [4.78, 5) is 26.6. The second-order valence-electron chi connectivity index (χ2n) is 7.34. The van der Waals surface area contributed by atoms with Gasteiger partial charge in [-0.15, -0.1) is 0 Å². The Kier molecular flexibility index (Phi) is 8.61. The molecule has 1 aliphatic carbocycles. The minimum Gasteiger partial charge on any atom is -0.480 e. The maximum atomic E-state index is 9.97. The van der Waals surface area contributed by atoms with Gasteiger partial charge in [0.2, 0.25) is 5.91 Å². The second-order valence-corrected chi connectivity index (χ2v) is 7.78. The number of aliphatic carboxylic acids is 1. The second kappa shape index (κ2) is 10.9. The first-order valence-corrected chi connectivity index (χ1v) is 9.98. The van der Waals surface area contributed by atoms with Crippen LogP contribution in [0.25, 0.3) is 0 Å². The number of nitrogens with one attached hydrogen (secondary N) is 1. The standard InChI is InChI=1S/C18H21ClN2.C4H7NO3/c1-21(2)11-9-17-16-8-7-15(19)12-14(16)6-5-13-4-3-10-20-18(13)17;1-3(6)5-2-4(7)8/h3-4,7-8,10,12,17H,5-6,9,11H2,1-2H3;2H2,1H3,(H,5,6)(H,7,8)/t17-;/m1./s1. The van der Waals surface area contributed by atoms with Gasteiger partial charge < -0.3 is 15.3 Å². The zero-order valence-corrected chi connectivity index (χ0v) is 17.9. The van der Waals surface area contributed by atoms with Crippen molar-refractivity contribution in [1.29, 1.82) is 0 Å². The first-order valence-electron chi connectivity index (χ1n) is 9.61. The van der Waals surface area contributed by atoms with E-state index in [9.17, 15) is 9.59 Å². The molecule has 1 heterocycles. The van der Waals surface area contributed by atoms with Gasteiger partial charge in [0.25, 0.3) is 0 Å². The number of carboxylic acids is 1. The van der Waals surface area contributed by atoms with E-state index < -0.39 is 5.97 Å². The van der Waals surface area contributed by atoms with Crippen LogP contribution in [-0.4, -0.2) is 54.1 Å². The highest BCUT2D eigenvalue weighted by molar-refractivity contribution is 6.30. The lowest BCUT2D eigenvalue weighted by molar-refractivity contribution is -0.137. The number of benzene rings is 1. The number of rotatable bonds is 5. The molecule has 2 aromatic rings. The molecule has 2 N–H and O–H groups in total. The third kappa shape index (κ3) is 7.15. The van der Waals surface area contributed by atoms with Gasteiger partial charge in [0.15, 0.2) is 0 Å². The van der Waals surface area contributed by atoms with Crippen molar-refractivity contribution in [2.75, 3.05) is 27.2 Å². The predicted octanol–water partition coefficient (Wildman–Crippen LogP) is 3.12. The summed E-state index contributed by atoms with van der Waals surface area (Å²) in [6.07, 6.45) is 5.11. The molecule has 0 aliphatic heterocycles. The quantitative estimate of drug-likeness (QED) is 0.781. The van der Waals surface area contributed by atoms with Crippen molar-refractivity contribution < 1.29 is 14.7 Å². The number of nitrogens with zero attached hydrogens (tertiary/aromatic N) is 2. The average Bonchev–Trinajstić information content (AvgIpc) is 2.82. The Morgan fingerprint density at radius 1 is 1.24 bits per heavy atom. The van der Waals surface area contributed by atoms with Crippen LogP contribution in [0.5, 0.6) is 0 Å². The number of carbonyl (C=O) groups excluding carboxylic acids is 1. The number of carboxylic acid groups (broad SMARTS) is 1. The van der Waals surface area contributed by atoms with Crippen LogP contribution >= 0.6 is 11.6 Å². The fourth-order valence-electron chi connectivity index (χ4n) is 3.40. The van der Waals surface area contributed by atoms with E-state index in [1.165, 1.54) is 29.3 Å². The maximum absolute atomic E-state index is 9.97. The Bertz CT molecular complexity index is 841. The van der Waals surface area contributed by atoms with Gasteiger partial charge in [-0.05, 0) is 74.8 Å². The van der Waals surface area contributed by atoms with Gasteiger partial charge in [-0.1, -0.05) is 23.7 Å². The fourth-order valence-corrected chi connectivity index (χ4v) is 3.60. The third-order valence-electron chi connectivity index (χ3n) is 4.75. The van der Waals surface area contributed by atoms with Crippen molar-refractivity contribution in [3.05, 3.63) is 63.9 Å². The maximum Gasteiger partial charge on any atom is 0.322 e. The summed E-state index contributed by atoms with van der Waals surface area (Å²) in [7, 11) is 4.25. The van der Waals surface area contributed by atoms with E-state index in [2.05, 4.69) is 42.5 Å². The molecular weight excluding hydrogens is 390 g/mol. The number of amides is 1. The summed E-state index contributed by atoms with van der Waals surface area (Å²) in [6, 6.07) is 10.6. The summed E-state index contributed by atoms with van der Waals surface area (Å²) in [5.41, 5.74) is 5.41. The van der Waals surface area contributed by atoms with Crippen molar-refractivity contribution >= 4 is 23.5 Å². The number of halogens is 1. The van der Waals surface area contributed by atoms with Gasteiger partial charge in [-0.3, -0.25) is 14.6 Å². The SMILES string of the molecule is CC(=O)NCC(=O)O.CN(C)CC[C@@H]1c2ccc(Cl)cc2CCc2cccnc21. The molecule has 0 unspecified atom stereocenters. The Balaban J connectivity index is 0.000000321. The van der Waals surface area contributed by atoms with E-state index in [1.807, 2.05) is 18.3 Å². The first-order chi connectivity index (χ1) is 13.8. The van der Waals surface area contributed by atoms with Crippen LogP contribution in [-0.2, 0) is 22.4 Å². The monoisotopic (exact) mass is 417 g/mol. The highest BCUT2D eigenvalue weighted by Gasteiger charge is 2.24. The number of aromatic nitrogens is 1. The molecule has 6 nitrogen and oxygen atoms in total. The van der Waals surface area contributed by atoms with Gasteiger partial charge in [0, 0.05) is 24.1 Å². The summed E-state index contributed by atoms with van der Waals surface area (Å²) >= 11 is 6.19. The molecule has 0 bridgehead atoms. The van der Waals surface area contributed by atoms with E-state index in [0.29, 0.717) is 5.92 Å². The molecule has 0 radical (unpaired) electrons. The summed E-state index contributed by atoms with van der Waals surface area (Å²) < 4.78 is 0. The van der Waals surface area contributed by atoms with Crippen LogP contribution < -0.4 is 5.32 Å². The van der Waals surface area contributed by atoms with Crippen LogP contribution in [0, 0.1) is 0 Å². The van der Waals surface area contributed by atoms with Crippen LogP contribution in [0.4, 0.5) is 0 Å². The molecule has 1 aliphatic rings. The van der Waals surface area contributed by atoms with Crippen molar-refractivity contribution in [2.24, 2.45) is 0 Å². The molecule has 1 amide bonds. The Labute approximate surface area is 176 Å². The number of hydrogen-bond acceptors (Lipinski definition) is 4. The molecule has 3 rings (SSSR count).